The van der Waals surface area contributed by atoms with Gasteiger partial charge in [0.2, 0.25) is 0 Å². The van der Waals surface area contributed by atoms with Gasteiger partial charge in [0.25, 0.3) is 5.91 Å². The summed E-state index contributed by atoms with van der Waals surface area (Å²) in [6.45, 7) is 5.84. The van der Waals surface area contributed by atoms with Gasteiger partial charge in [-0.1, -0.05) is 39.0 Å². The molecule has 0 aromatic heterocycles. The minimum Gasteiger partial charge on any atom is -0.336 e. The van der Waals surface area contributed by atoms with Gasteiger partial charge in [-0.3, -0.25) is 4.79 Å². The minimum atomic E-state index is -0.438. The van der Waals surface area contributed by atoms with Gasteiger partial charge < -0.3 is 5.32 Å². The molecule has 0 heterocycles. The number of benzene rings is 1. The largest absolute Gasteiger partial charge is 0.336 e. The lowest BCUT2D eigenvalue weighted by molar-refractivity contribution is 0.0936. The molecule has 0 aliphatic heterocycles. The predicted octanol–water partition coefficient (Wildman–Crippen LogP) is 2.53. The Morgan fingerprint density at radius 2 is 2.06 bits per heavy atom. The van der Waals surface area contributed by atoms with Crippen LogP contribution in [0.2, 0.25) is 0 Å². The summed E-state index contributed by atoms with van der Waals surface area (Å²) in [5, 5.41) is 11.7. The average Bonchev–Trinajstić information content (AvgIpc) is 2.35. The number of nitrogens with zero attached hydrogens (tertiary/aromatic N) is 1. The highest BCUT2D eigenvalue weighted by Gasteiger charge is 2.17. The molecule has 90 valence electrons. The molecule has 3 nitrogen and oxygen atoms in total. The Kier molecular flexibility index (Phi) is 4.71. The van der Waals surface area contributed by atoms with Gasteiger partial charge in [-0.05, 0) is 24.0 Å². The molecular formula is C14H18N2O. The summed E-state index contributed by atoms with van der Waals surface area (Å²) in [5.41, 5.74) is 1.67. The van der Waals surface area contributed by atoms with E-state index in [-0.39, 0.29) is 11.8 Å². The van der Waals surface area contributed by atoms with Crippen molar-refractivity contribution >= 4 is 5.91 Å². The Morgan fingerprint density at radius 3 is 2.59 bits per heavy atom. The second kappa shape index (κ2) is 6.05. The molecule has 1 amide bonds. The Labute approximate surface area is 102 Å². The topological polar surface area (TPSA) is 52.9 Å². The first-order chi connectivity index (χ1) is 8.10. The Morgan fingerprint density at radius 1 is 1.41 bits per heavy atom. The van der Waals surface area contributed by atoms with Crippen LogP contribution >= 0.6 is 0 Å². The molecule has 0 saturated heterocycles. The molecule has 0 fully saturated rings. The van der Waals surface area contributed by atoms with Gasteiger partial charge in [0.15, 0.2) is 0 Å². The van der Waals surface area contributed by atoms with E-state index < -0.39 is 6.04 Å². The predicted molar refractivity (Wildman–Crippen MR) is 67.5 cm³/mol. The van der Waals surface area contributed by atoms with Gasteiger partial charge in [-0.25, -0.2) is 0 Å². The molecule has 0 unspecified atom stereocenters. The van der Waals surface area contributed by atoms with Crippen LogP contribution in [-0.4, -0.2) is 11.9 Å². The molecule has 17 heavy (non-hydrogen) atoms. The smallest absolute Gasteiger partial charge is 0.252 e. The molecule has 1 aromatic rings. The van der Waals surface area contributed by atoms with Gasteiger partial charge in [0.1, 0.15) is 6.04 Å². The van der Waals surface area contributed by atoms with E-state index in [1.165, 1.54) is 0 Å². The Balaban J connectivity index is 2.87. The van der Waals surface area contributed by atoms with Gasteiger partial charge in [0.05, 0.1) is 6.07 Å². The maximum Gasteiger partial charge on any atom is 0.252 e. The molecule has 1 rings (SSSR count). The number of nitrogens with one attached hydrogen (secondary N) is 1. The lowest BCUT2D eigenvalue weighted by atomic mass is 10.0. The van der Waals surface area contributed by atoms with E-state index in [1.807, 2.05) is 39.0 Å². The summed E-state index contributed by atoms with van der Waals surface area (Å²) < 4.78 is 0. The number of amides is 1. The molecule has 1 aromatic carbocycles. The van der Waals surface area contributed by atoms with Crippen LogP contribution in [0.1, 0.15) is 36.7 Å². The van der Waals surface area contributed by atoms with Crippen molar-refractivity contribution in [3.05, 3.63) is 35.4 Å². The summed E-state index contributed by atoms with van der Waals surface area (Å²) in [7, 11) is 0. The Hall–Kier alpha value is -1.82. The van der Waals surface area contributed by atoms with Crippen molar-refractivity contribution in [2.24, 2.45) is 5.92 Å². The average molecular weight is 230 g/mol. The minimum absolute atomic E-state index is 0.109. The van der Waals surface area contributed by atoms with Gasteiger partial charge in [-0.15, -0.1) is 0 Å². The normalized spacial score (nSPS) is 11.9. The molecule has 0 radical (unpaired) electrons. The van der Waals surface area contributed by atoms with E-state index in [2.05, 4.69) is 11.4 Å². The summed E-state index contributed by atoms with van der Waals surface area (Å²) in [4.78, 5) is 12.0. The summed E-state index contributed by atoms with van der Waals surface area (Å²) >= 11 is 0. The van der Waals surface area contributed by atoms with Crippen molar-refractivity contribution in [2.45, 2.75) is 33.2 Å². The van der Waals surface area contributed by atoms with Crippen molar-refractivity contribution in [1.82, 2.24) is 5.32 Å². The highest BCUT2D eigenvalue weighted by molar-refractivity contribution is 5.96. The van der Waals surface area contributed by atoms with Crippen LogP contribution in [0.3, 0.4) is 0 Å². The van der Waals surface area contributed by atoms with Crippen LogP contribution in [0.15, 0.2) is 24.3 Å². The highest BCUT2D eigenvalue weighted by Crippen LogP contribution is 2.10. The van der Waals surface area contributed by atoms with Crippen LogP contribution in [-0.2, 0) is 6.42 Å². The number of hydrogen-bond acceptors (Lipinski definition) is 2. The SMILES string of the molecule is CCc1ccccc1C(=O)N[C@@H](C#N)C(C)C. The van der Waals surface area contributed by atoms with E-state index in [0.717, 1.165) is 12.0 Å². The number of carbonyl (C=O) groups excluding carboxylic acids is 1. The van der Waals surface area contributed by atoms with Crippen LogP contribution in [0.5, 0.6) is 0 Å². The van der Waals surface area contributed by atoms with Crippen molar-refractivity contribution < 1.29 is 4.79 Å². The molecule has 0 aliphatic carbocycles. The summed E-state index contributed by atoms with van der Waals surface area (Å²) in [6.07, 6.45) is 0.808. The van der Waals surface area contributed by atoms with Crippen LogP contribution in [0.25, 0.3) is 0 Å². The van der Waals surface area contributed by atoms with E-state index in [9.17, 15) is 4.79 Å². The quantitative estimate of drug-likeness (QED) is 0.864. The summed E-state index contributed by atoms with van der Waals surface area (Å²) in [5.74, 6) is -0.0551. The second-order valence-corrected chi connectivity index (χ2v) is 4.33. The van der Waals surface area contributed by atoms with E-state index in [1.54, 1.807) is 6.07 Å². The van der Waals surface area contributed by atoms with Crippen molar-refractivity contribution in [2.75, 3.05) is 0 Å². The van der Waals surface area contributed by atoms with E-state index >= 15 is 0 Å². The lowest BCUT2D eigenvalue weighted by Gasteiger charge is -2.16. The first-order valence-corrected chi connectivity index (χ1v) is 5.88. The van der Waals surface area contributed by atoms with Crippen LogP contribution < -0.4 is 5.32 Å². The zero-order chi connectivity index (χ0) is 12.8. The van der Waals surface area contributed by atoms with E-state index in [0.29, 0.717) is 5.56 Å². The summed E-state index contributed by atoms with van der Waals surface area (Å²) in [6, 6.07) is 9.16. The van der Waals surface area contributed by atoms with Crippen molar-refractivity contribution in [3.63, 3.8) is 0 Å². The number of hydrogen-bond donors (Lipinski definition) is 1. The number of carbonyl (C=O) groups is 1. The third kappa shape index (κ3) is 3.32. The number of rotatable bonds is 4. The highest BCUT2D eigenvalue weighted by atomic mass is 16.1. The molecule has 0 aliphatic rings. The molecule has 0 bridgehead atoms. The fraction of sp³-hybridized carbons (Fsp3) is 0.429. The van der Waals surface area contributed by atoms with Gasteiger partial charge in [-0.2, -0.15) is 5.26 Å². The van der Waals surface area contributed by atoms with Crippen LogP contribution in [0.4, 0.5) is 0 Å². The first kappa shape index (κ1) is 13.2. The van der Waals surface area contributed by atoms with Gasteiger partial charge >= 0.3 is 0 Å². The molecule has 1 N–H and O–H groups in total. The third-order valence-corrected chi connectivity index (χ3v) is 2.74. The Bertz CT molecular complexity index is 432. The van der Waals surface area contributed by atoms with Crippen molar-refractivity contribution in [1.29, 1.82) is 5.26 Å². The maximum atomic E-state index is 12.0. The van der Waals surface area contributed by atoms with Gasteiger partial charge in [0, 0.05) is 5.56 Å². The zero-order valence-electron chi connectivity index (χ0n) is 10.5. The lowest BCUT2D eigenvalue weighted by Crippen LogP contribution is -2.37. The fourth-order valence-corrected chi connectivity index (χ4v) is 1.62. The molecule has 3 heteroatoms. The first-order valence-electron chi connectivity index (χ1n) is 5.88. The van der Waals surface area contributed by atoms with Crippen LogP contribution in [0, 0.1) is 17.2 Å². The number of nitriles is 1. The van der Waals surface area contributed by atoms with E-state index in [4.69, 9.17) is 5.26 Å². The maximum absolute atomic E-state index is 12.0. The fourth-order valence-electron chi connectivity index (χ4n) is 1.62. The molecular weight excluding hydrogens is 212 g/mol. The second-order valence-electron chi connectivity index (χ2n) is 4.33. The monoisotopic (exact) mass is 230 g/mol. The molecule has 1 atom stereocenters. The standard InChI is InChI=1S/C14H18N2O/c1-4-11-7-5-6-8-12(11)14(17)16-13(9-15)10(2)3/h5-8,10,13H,4H2,1-3H3,(H,16,17)/t13-/m0/s1. The third-order valence-electron chi connectivity index (χ3n) is 2.74. The molecule has 0 spiro atoms. The zero-order valence-corrected chi connectivity index (χ0v) is 10.5. The molecule has 0 saturated carbocycles. The van der Waals surface area contributed by atoms with Crippen molar-refractivity contribution in [3.8, 4) is 6.07 Å². The number of aryl methyl sites for hydroxylation is 1.